The van der Waals surface area contributed by atoms with Crippen LogP contribution in [0.4, 0.5) is 13.2 Å². The van der Waals surface area contributed by atoms with E-state index in [0.717, 1.165) is 13.2 Å². The lowest BCUT2D eigenvalue weighted by atomic mass is 10.3. The number of sulfonamides is 1. The summed E-state index contributed by atoms with van der Waals surface area (Å²) < 4.78 is 67.1. The summed E-state index contributed by atoms with van der Waals surface area (Å²) in [6.45, 7) is 1.35. The molecule has 1 aromatic rings. The van der Waals surface area contributed by atoms with Crippen molar-refractivity contribution >= 4 is 10.0 Å². The molecule has 0 aliphatic rings. The molecular weight excluding hydrogens is 277 g/mol. The summed E-state index contributed by atoms with van der Waals surface area (Å²) >= 11 is 0. The molecule has 0 amide bonds. The number of nitrogens with zero attached hydrogens (tertiary/aromatic N) is 1. The number of ether oxygens (including phenoxy) is 2. The number of primary sulfonamides is 1. The summed E-state index contributed by atoms with van der Waals surface area (Å²) in [5, 5.41) is 4.81. The molecule has 0 saturated carbocycles. The van der Waals surface area contributed by atoms with E-state index < -0.39 is 27.2 Å². The number of aryl methyl sites for hydroxylation is 1. The van der Waals surface area contributed by atoms with Crippen molar-refractivity contribution in [3.63, 3.8) is 0 Å². The first kappa shape index (κ1) is 14.5. The summed E-state index contributed by atoms with van der Waals surface area (Å²) in [5.41, 5.74) is 0.0819. The van der Waals surface area contributed by atoms with Crippen LogP contribution in [0.5, 0.6) is 11.6 Å². The maximum absolute atomic E-state index is 12.1. The van der Waals surface area contributed by atoms with Gasteiger partial charge in [0.05, 0.1) is 7.11 Å². The Morgan fingerprint density at radius 2 is 1.94 bits per heavy atom. The summed E-state index contributed by atoms with van der Waals surface area (Å²) in [4.78, 5) is 2.40. The zero-order valence-electron chi connectivity index (χ0n) is 9.28. The molecule has 1 heterocycles. The Balaban J connectivity index is 3.53. The van der Waals surface area contributed by atoms with Gasteiger partial charge in [0, 0.05) is 11.8 Å². The van der Waals surface area contributed by atoms with E-state index in [4.69, 9.17) is 5.14 Å². The van der Waals surface area contributed by atoms with E-state index in [1.165, 1.54) is 6.92 Å². The fraction of sp³-hybridized carbons (Fsp3) is 0.375. The number of alkyl halides is 3. The van der Waals surface area contributed by atoms with Crippen molar-refractivity contribution in [1.29, 1.82) is 0 Å². The van der Waals surface area contributed by atoms with E-state index in [9.17, 15) is 21.6 Å². The Morgan fingerprint density at radius 3 is 2.33 bits per heavy atom. The second-order valence-electron chi connectivity index (χ2n) is 3.19. The minimum Gasteiger partial charge on any atom is -0.495 e. The molecule has 2 N–H and O–H groups in total. The molecule has 0 bridgehead atoms. The largest absolute Gasteiger partial charge is 0.574 e. The van der Waals surface area contributed by atoms with Crippen LogP contribution in [0.15, 0.2) is 11.0 Å². The van der Waals surface area contributed by atoms with E-state index in [0.29, 0.717) is 0 Å². The highest BCUT2D eigenvalue weighted by molar-refractivity contribution is 7.89. The number of aromatic nitrogens is 1. The Bertz CT molecular complexity index is 556. The van der Waals surface area contributed by atoms with Crippen LogP contribution in [0.2, 0.25) is 0 Å². The first-order valence-corrected chi connectivity index (χ1v) is 5.93. The molecule has 6 nitrogen and oxygen atoms in total. The first-order valence-electron chi connectivity index (χ1n) is 4.39. The normalized spacial score (nSPS) is 12.3. The molecule has 10 heteroatoms. The van der Waals surface area contributed by atoms with Crippen molar-refractivity contribution in [1.82, 2.24) is 4.98 Å². The number of rotatable bonds is 3. The van der Waals surface area contributed by atoms with Crippen LogP contribution < -0.4 is 14.6 Å². The lowest BCUT2D eigenvalue weighted by molar-refractivity contribution is -0.277. The molecular formula is C8H9F3N2O4S. The topological polar surface area (TPSA) is 91.5 Å². The summed E-state index contributed by atoms with van der Waals surface area (Å²) in [5.74, 6) is -1.54. The maximum Gasteiger partial charge on any atom is 0.574 e. The van der Waals surface area contributed by atoms with Gasteiger partial charge in [0.15, 0.2) is 4.90 Å². The van der Waals surface area contributed by atoms with E-state index in [1.807, 2.05) is 0 Å². The number of halogens is 3. The highest BCUT2D eigenvalue weighted by Crippen LogP contribution is 2.34. The van der Waals surface area contributed by atoms with Gasteiger partial charge in [-0.3, -0.25) is 0 Å². The number of methoxy groups -OCH3 is 1. The lowest BCUT2D eigenvalue weighted by Gasteiger charge is -2.14. The molecule has 18 heavy (non-hydrogen) atoms. The molecule has 102 valence electrons. The number of hydrogen-bond acceptors (Lipinski definition) is 5. The lowest BCUT2D eigenvalue weighted by Crippen LogP contribution is -2.22. The fourth-order valence-electron chi connectivity index (χ4n) is 1.20. The maximum atomic E-state index is 12.1. The average Bonchev–Trinajstić information content (AvgIpc) is 2.11. The van der Waals surface area contributed by atoms with Gasteiger partial charge in [-0.15, -0.1) is 13.2 Å². The van der Waals surface area contributed by atoms with Crippen LogP contribution in [0, 0.1) is 6.92 Å². The van der Waals surface area contributed by atoms with E-state index in [1.54, 1.807) is 0 Å². The van der Waals surface area contributed by atoms with Gasteiger partial charge in [0.2, 0.25) is 15.9 Å². The van der Waals surface area contributed by atoms with Gasteiger partial charge < -0.3 is 9.47 Å². The van der Waals surface area contributed by atoms with Crippen LogP contribution in [-0.2, 0) is 10.0 Å². The van der Waals surface area contributed by atoms with E-state index in [2.05, 4.69) is 14.5 Å². The summed E-state index contributed by atoms with van der Waals surface area (Å²) in [6, 6.07) is 1.13. The van der Waals surface area contributed by atoms with Crippen molar-refractivity contribution in [2.75, 3.05) is 7.11 Å². The monoisotopic (exact) mass is 286 g/mol. The minimum atomic E-state index is -5.09. The first-order chi connectivity index (χ1) is 8.04. The SMILES string of the molecule is COc1cc(C)nc(OC(F)(F)F)c1S(N)(=O)=O. The molecule has 1 rings (SSSR count). The summed E-state index contributed by atoms with van der Waals surface area (Å²) in [7, 11) is -3.39. The standard InChI is InChI=1S/C8H9F3N2O4S/c1-4-3-5(16-2)6(18(12,14)15)7(13-4)17-8(9,10)11/h3H,1-2H3,(H2,12,14,15). The van der Waals surface area contributed by atoms with Crippen LogP contribution in [0.1, 0.15) is 5.69 Å². The van der Waals surface area contributed by atoms with Gasteiger partial charge in [-0.05, 0) is 6.92 Å². The van der Waals surface area contributed by atoms with Crippen molar-refractivity contribution in [3.8, 4) is 11.6 Å². The predicted octanol–water partition coefficient (Wildman–Crippen LogP) is 0.945. The highest BCUT2D eigenvalue weighted by atomic mass is 32.2. The Kier molecular flexibility index (Phi) is 3.72. The highest BCUT2D eigenvalue weighted by Gasteiger charge is 2.36. The zero-order chi connectivity index (χ0) is 14.1. The van der Waals surface area contributed by atoms with Crippen LogP contribution in [0.25, 0.3) is 0 Å². The average molecular weight is 286 g/mol. The molecule has 0 radical (unpaired) electrons. The molecule has 0 spiro atoms. The molecule has 0 unspecified atom stereocenters. The van der Waals surface area contributed by atoms with Gasteiger partial charge in [-0.2, -0.15) is 0 Å². The van der Waals surface area contributed by atoms with Gasteiger partial charge in [0.1, 0.15) is 5.75 Å². The fourth-order valence-corrected chi connectivity index (χ4v) is 1.95. The van der Waals surface area contributed by atoms with Gasteiger partial charge in [-0.1, -0.05) is 0 Å². The molecule has 0 aromatic carbocycles. The molecule has 0 fully saturated rings. The van der Waals surface area contributed by atoms with E-state index in [-0.39, 0.29) is 11.4 Å². The van der Waals surface area contributed by atoms with Gasteiger partial charge in [-0.25, -0.2) is 18.5 Å². The molecule has 0 aliphatic heterocycles. The van der Waals surface area contributed by atoms with Crippen LogP contribution in [-0.4, -0.2) is 26.9 Å². The second-order valence-corrected chi connectivity index (χ2v) is 4.69. The van der Waals surface area contributed by atoms with Crippen LogP contribution in [0.3, 0.4) is 0 Å². The molecule has 0 aliphatic carbocycles. The third-order valence-electron chi connectivity index (χ3n) is 1.75. The van der Waals surface area contributed by atoms with Crippen molar-refractivity contribution < 1.29 is 31.1 Å². The predicted molar refractivity (Wildman–Crippen MR) is 53.6 cm³/mol. The Hall–Kier alpha value is -1.55. The zero-order valence-corrected chi connectivity index (χ0v) is 10.1. The summed E-state index contributed by atoms with van der Waals surface area (Å²) in [6.07, 6.45) is -5.09. The minimum absolute atomic E-state index is 0.0819. The molecule has 0 atom stereocenters. The van der Waals surface area contributed by atoms with Gasteiger partial charge >= 0.3 is 6.36 Å². The van der Waals surface area contributed by atoms with E-state index >= 15 is 0 Å². The molecule has 1 aromatic heterocycles. The van der Waals surface area contributed by atoms with Gasteiger partial charge in [0.25, 0.3) is 0 Å². The smallest absolute Gasteiger partial charge is 0.495 e. The van der Waals surface area contributed by atoms with Crippen molar-refractivity contribution in [2.45, 2.75) is 18.2 Å². The number of pyridine rings is 1. The quantitative estimate of drug-likeness (QED) is 0.893. The third kappa shape index (κ3) is 3.47. The molecule has 0 saturated heterocycles. The Morgan fingerprint density at radius 1 is 1.39 bits per heavy atom. The number of nitrogens with two attached hydrogens (primary N) is 1. The third-order valence-corrected chi connectivity index (χ3v) is 2.70. The Labute approximate surface area is 101 Å². The van der Waals surface area contributed by atoms with Crippen LogP contribution >= 0.6 is 0 Å². The number of hydrogen-bond donors (Lipinski definition) is 1. The van der Waals surface area contributed by atoms with Crippen molar-refractivity contribution in [2.24, 2.45) is 5.14 Å². The second kappa shape index (κ2) is 4.61. The van der Waals surface area contributed by atoms with Crippen molar-refractivity contribution in [3.05, 3.63) is 11.8 Å².